The number of benzene rings is 2. The molecule has 2 aromatic carbocycles. The van der Waals surface area contributed by atoms with E-state index in [0.29, 0.717) is 24.6 Å². The van der Waals surface area contributed by atoms with Crippen molar-refractivity contribution in [3.8, 4) is 0 Å². The summed E-state index contributed by atoms with van der Waals surface area (Å²) in [5.41, 5.74) is 0.738. The Bertz CT molecular complexity index is 1260. The Hall–Kier alpha value is -2.79. The Balaban J connectivity index is 1.66. The first kappa shape index (κ1) is 23.4. The van der Waals surface area contributed by atoms with Gasteiger partial charge < -0.3 is 14.6 Å². The minimum atomic E-state index is -3.90. The number of aryl methyl sites for hydroxylation is 1. The van der Waals surface area contributed by atoms with E-state index in [1.165, 1.54) is 34.6 Å². The number of ether oxygens (including phenoxy) is 1. The molecule has 33 heavy (non-hydrogen) atoms. The van der Waals surface area contributed by atoms with E-state index in [2.05, 4.69) is 10.3 Å². The molecular weight excluding hydrogens is 471 g/mol. The maximum atomic E-state index is 13.5. The van der Waals surface area contributed by atoms with Crippen molar-refractivity contribution in [1.29, 1.82) is 0 Å². The molecule has 0 radical (unpaired) electrons. The number of aromatic nitrogens is 2. The van der Waals surface area contributed by atoms with Gasteiger partial charge in [0.1, 0.15) is 22.6 Å². The first-order valence-corrected chi connectivity index (χ1v) is 12.0. The molecule has 8 nitrogen and oxygen atoms in total. The third kappa shape index (κ3) is 4.93. The smallest absolute Gasteiger partial charge is 0.252 e. The second kappa shape index (κ2) is 9.60. The Morgan fingerprint density at radius 2 is 1.88 bits per heavy atom. The predicted octanol–water partition coefficient (Wildman–Crippen LogP) is 2.75. The van der Waals surface area contributed by atoms with Crippen LogP contribution in [0.1, 0.15) is 27.8 Å². The predicted molar refractivity (Wildman–Crippen MR) is 120 cm³/mol. The van der Waals surface area contributed by atoms with Gasteiger partial charge in [0.2, 0.25) is 10.0 Å². The minimum absolute atomic E-state index is 0.0252. The molecule has 1 aliphatic heterocycles. The highest BCUT2D eigenvalue weighted by atomic mass is 35.5. The zero-order valence-electron chi connectivity index (χ0n) is 17.7. The highest BCUT2D eigenvalue weighted by Crippen LogP contribution is 2.27. The summed E-state index contributed by atoms with van der Waals surface area (Å²) in [6.45, 7) is 1.00. The van der Waals surface area contributed by atoms with Gasteiger partial charge in [-0.3, -0.25) is 4.79 Å². The highest BCUT2D eigenvalue weighted by molar-refractivity contribution is 7.89. The van der Waals surface area contributed by atoms with E-state index < -0.39 is 27.8 Å². The lowest BCUT2D eigenvalue weighted by atomic mass is 10.1. The van der Waals surface area contributed by atoms with Gasteiger partial charge in [-0.15, -0.1) is 0 Å². The minimum Gasteiger partial charge on any atom is -0.379 e. The molecule has 1 fully saturated rings. The summed E-state index contributed by atoms with van der Waals surface area (Å²) in [6, 6.07) is 9.14. The number of carbonyl (C=O) groups excluding carboxylic acids is 1. The molecule has 1 N–H and O–H groups in total. The SMILES string of the molecule is Cn1ccnc1[C@H](NC(=O)c1ccc(Cl)c(S(=O)(=O)N2CCOCC2)c1)c1ccc(F)cc1. The van der Waals surface area contributed by atoms with Crippen LogP contribution in [-0.2, 0) is 21.8 Å². The van der Waals surface area contributed by atoms with Gasteiger partial charge in [0.15, 0.2) is 0 Å². The number of morpholine rings is 1. The number of hydrogen-bond acceptors (Lipinski definition) is 5. The van der Waals surface area contributed by atoms with Crippen LogP contribution in [0.15, 0.2) is 59.8 Å². The summed E-state index contributed by atoms with van der Waals surface area (Å²) >= 11 is 6.21. The van der Waals surface area contributed by atoms with Crippen molar-refractivity contribution < 1.29 is 22.3 Å². The average molecular weight is 493 g/mol. The van der Waals surface area contributed by atoms with Crippen LogP contribution >= 0.6 is 11.6 Å². The maximum Gasteiger partial charge on any atom is 0.252 e. The van der Waals surface area contributed by atoms with Crippen molar-refractivity contribution in [2.75, 3.05) is 26.3 Å². The summed E-state index contributed by atoms with van der Waals surface area (Å²) in [5.74, 6) is -0.396. The van der Waals surface area contributed by atoms with Gasteiger partial charge in [-0.25, -0.2) is 17.8 Å². The van der Waals surface area contributed by atoms with Crippen molar-refractivity contribution in [3.63, 3.8) is 0 Å². The van der Waals surface area contributed by atoms with Crippen LogP contribution < -0.4 is 5.32 Å². The third-order valence-electron chi connectivity index (χ3n) is 5.38. The number of carbonyl (C=O) groups is 1. The fourth-order valence-corrected chi connectivity index (χ4v) is 5.50. The summed E-state index contributed by atoms with van der Waals surface area (Å²) in [5, 5.41) is 2.90. The molecule has 0 spiro atoms. The van der Waals surface area contributed by atoms with Crippen LogP contribution in [0.4, 0.5) is 4.39 Å². The van der Waals surface area contributed by atoms with Crippen LogP contribution in [0, 0.1) is 5.82 Å². The number of rotatable bonds is 6. The first-order chi connectivity index (χ1) is 15.8. The molecule has 1 saturated heterocycles. The molecule has 0 saturated carbocycles. The molecule has 1 aliphatic rings. The number of amides is 1. The molecule has 0 unspecified atom stereocenters. The quantitative estimate of drug-likeness (QED) is 0.571. The average Bonchev–Trinajstić information content (AvgIpc) is 3.24. The number of sulfonamides is 1. The lowest BCUT2D eigenvalue weighted by molar-refractivity contribution is 0.0730. The van der Waals surface area contributed by atoms with Crippen LogP contribution in [0.5, 0.6) is 0 Å². The summed E-state index contributed by atoms with van der Waals surface area (Å²) in [7, 11) is -2.12. The highest BCUT2D eigenvalue weighted by Gasteiger charge is 2.30. The van der Waals surface area contributed by atoms with E-state index in [0.717, 1.165) is 0 Å². The second-order valence-corrected chi connectivity index (χ2v) is 9.83. The van der Waals surface area contributed by atoms with Crippen LogP contribution in [-0.4, -0.2) is 54.5 Å². The van der Waals surface area contributed by atoms with E-state index in [9.17, 15) is 17.6 Å². The Kier molecular flexibility index (Phi) is 6.80. The molecule has 2 heterocycles. The van der Waals surface area contributed by atoms with Gasteiger partial charge >= 0.3 is 0 Å². The zero-order chi connectivity index (χ0) is 23.6. The Labute approximate surface area is 196 Å². The molecular formula is C22H22ClFN4O4S. The fraction of sp³-hybridized carbons (Fsp3) is 0.273. The largest absolute Gasteiger partial charge is 0.379 e. The molecule has 0 aliphatic carbocycles. The van der Waals surface area contributed by atoms with Crippen molar-refractivity contribution >= 4 is 27.5 Å². The summed E-state index contributed by atoms with van der Waals surface area (Å²) in [6.07, 6.45) is 3.32. The van der Waals surface area contributed by atoms with E-state index >= 15 is 0 Å². The van der Waals surface area contributed by atoms with Gasteiger partial charge in [-0.05, 0) is 35.9 Å². The number of imidazole rings is 1. The molecule has 1 aromatic heterocycles. The molecule has 4 rings (SSSR count). The number of hydrogen-bond donors (Lipinski definition) is 1. The Morgan fingerprint density at radius 3 is 2.52 bits per heavy atom. The molecule has 174 valence electrons. The van der Waals surface area contributed by atoms with Gasteiger partial charge in [-0.2, -0.15) is 4.31 Å². The van der Waals surface area contributed by atoms with Crippen molar-refractivity contribution in [2.45, 2.75) is 10.9 Å². The molecule has 1 atom stereocenters. The number of nitrogens with one attached hydrogen (secondary N) is 1. The van der Waals surface area contributed by atoms with E-state index in [1.54, 1.807) is 36.1 Å². The van der Waals surface area contributed by atoms with Gasteiger partial charge in [0, 0.05) is 38.1 Å². The molecule has 11 heteroatoms. The lowest BCUT2D eigenvalue weighted by Gasteiger charge is -2.26. The molecule has 0 bridgehead atoms. The Morgan fingerprint density at radius 1 is 1.18 bits per heavy atom. The van der Waals surface area contributed by atoms with E-state index in [-0.39, 0.29) is 28.6 Å². The van der Waals surface area contributed by atoms with Crippen LogP contribution in [0.3, 0.4) is 0 Å². The summed E-state index contributed by atoms with van der Waals surface area (Å²) < 4.78 is 47.9. The standard InChI is InChI=1S/C22H22ClFN4O4S/c1-27-9-8-25-21(27)20(15-2-5-17(24)6-3-15)26-22(29)16-4-7-18(23)19(14-16)33(30,31)28-10-12-32-13-11-28/h2-9,14,20H,10-13H2,1H3,(H,26,29)/t20-/m1/s1. The monoisotopic (exact) mass is 492 g/mol. The fourth-order valence-electron chi connectivity index (χ4n) is 3.59. The van der Waals surface area contributed by atoms with Gasteiger partial charge in [-0.1, -0.05) is 23.7 Å². The summed E-state index contributed by atoms with van der Waals surface area (Å²) in [4.78, 5) is 17.3. The van der Waals surface area contributed by atoms with Crippen LogP contribution in [0.25, 0.3) is 0 Å². The topological polar surface area (TPSA) is 93.5 Å². The number of nitrogens with zero attached hydrogens (tertiary/aromatic N) is 3. The van der Waals surface area contributed by atoms with Gasteiger partial charge in [0.05, 0.1) is 18.2 Å². The zero-order valence-corrected chi connectivity index (χ0v) is 19.3. The normalized spacial score (nSPS) is 15.8. The van der Waals surface area contributed by atoms with Crippen molar-refractivity contribution in [3.05, 3.63) is 82.6 Å². The maximum absolute atomic E-state index is 13.5. The molecule has 3 aromatic rings. The lowest BCUT2D eigenvalue weighted by Crippen LogP contribution is -2.40. The van der Waals surface area contributed by atoms with E-state index in [4.69, 9.17) is 16.3 Å². The van der Waals surface area contributed by atoms with E-state index in [1.807, 2.05) is 0 Å². The molecule has 1 amide bonds. The van der Waals surface area contributed by atoms with Crippen molar-refractivity contribution in [2.24, 2.45) is 7.05 Å². The van der Waals surface area contributed by atoms with Crippen molar-refractivity contribution in [1.82, 2.24) is 19.2 Å². The van der Waals surface area contributed by atoms with Crippen LogP contribution in [0.2, 0.25) is 5.02 Å². The first-order valence-electron chi connectivity index (χ1n) is 10.2. The number of halogens is 2. The second-order valence-electron chi connectivity index (χ2n) is 7.52. The third-order valence-corrected chi connectivity index (χ3v) is 7.76. The van der Waals surface area contributed by atoms with Gasteiger partial charge in [0.25, 0.3) is 5.91 Å².